The Morgan fingerprint density at radius 2 is 0.882 bits per heavy atom. The first-order valence-corrected chi connectivity index (χ1v) is 11.1. The van der Waals surface area contributed by atoms with Crippen LogP contribution in [0.2, 0.25) is 0 Å². The maximum absolute atomic E-state index is 13.2. The Kier molecular flexibility index (Phi) is 5.70. The molecule has 0 saturated carbocycles. The molecule has 8 nitrogen and oxygen atoms in total. The van der Waals surface area contributed by atoms with Gasteiger partial charge in [0.15, 0.2) is 0 Å². The van der Waals surface area contributed by atoms with E-state index >= 15 is 0 Å². The number of rotatable bonds is 4. The first-order chi connectivity index (χ1) is 16.3. The van der Waals surface area contributed by atoms with Gasteiger partial charge in [0.2, 0.25) is 11.8 Å². The monoisotopic (exact) mass is 468 g/mol. The van der Waals surface area contributed by atoms with Crippen LogP contribution >= 0.6 is 0 Å². The van der Waals surface area contributed by atoms with E-state index in [-0.39, 0.29) is 36.5 Å². The summed E-state index contributed by atoms with van der Waals surface area (Å²) in [5.41, 5.74) is 0.682. The lowest BCUT2D eigenvalue weighted by atomic mass is 10.1. The molecule has 0 aliphatic carbocycles. The van der Waals surface area contributed by atoms with Gasteiger partial charge in [0, 0.05) is 26.2 Å². The number of hydrogen-bond donors (Lipinski definition) is 0. The lowest BCUT2D eigenvalue weighted by Gasteiger charge is -2.38. The van der Waals surface area contributed by atoms with E-state index in [2.05, 4.69) is 0 Å². The molecule has 3 aliphatic rings. The molecule has 2 aromatic carbocycles. The molecule has 0 aromatic heterocycles. The molecule has 0 N–H and O–H groups in total. The topological polar surface area (TPSA) is 81.2 Å². The van der Waals surface area contributed by atoms with E-state index in [1.165, 1.54) is 48.5 Å². The van der Waals surface area contributed by atoms with Crippen molar-refractivity contribution in [2.24, 2.45) is 0 Å². The summed E-state index contributed by atoms with van der Waals surface area (Å²) < 4.78 is 26.4. The maximum Gasteiger partial charge on any atom is 0.251 e. The van der Waals surface area contributed by atoms with Crippen molar-refractivity contribution in [2.45, 2.75) is 24.9 Å². The Bertz CT molecular complexity index is 1060. The van der Waals surface area contributed by atoms with Crippen molar-refractivity contribution >= 4 is 35.0 Å². The van der Waals surface area contributed by atoms with Gasteiger partial charge < -0.3 is 0 Å². The van der Waals surface area contributed by atoms with E-state index in [9.17, 15) is 28.0 Å². The highest BCUT2D eigenvalue weighted by molar-refractivity contribution is 6.23. The molecule has 3 fully saturated rings. The number of halogens is 2. The number of hydrogen-bond acceptors (Lipinski definition) is 6. The van der Waals surface area contributed by atoms with E-state index in [0.717, 1.165) is 9.80 Å². The lowest BCUT2D eigenvalue weighted by molar-refractivity contribution is -0.126. The molecule has 34 heavy (non-hydrogen) atoms. The van der Waals surface area contributed by atoms with Crippen LogP contribution in [0.4, 0.5) is 20.2 Å². The molecule has 10 heteroatoms. The second-order valence-corrected chi connectivity index (χ2v) is 8.60. The fraction of sp³-hybridized carbons (Fsp3) is 0.333. The van der Waals surface area contributed by atoms with Crippen molar-refractivity contribution in [1.29, 1.82) is 0 Å². The van der Waals surface area contributed by atoms with E-state index in [4.69, 9.17) is 0 Å². The zero-order valence-electron chi connectivity index (χ0n) is 18.2. The average Bonchev–Trinajstić information content (AvgIpc) is 3.29. The van der Waals surface area contributed by atoms with Crippen molar-refractivity contribution < 1.29 is 28.0 Å². The Balaban J connectivity index is 1.23. The second-order valence-electron chi connectivity index (χ2n) is 8.60. The summed E-state index contributed by atoms with van der Waals surface area (Å²) >= 11 is 0. The molecule has 0 bridgehead atoms. The van der Waals surface area contributed by atoms with Crippen LogP contribution in [0.25, 0.3) is 0 Å². The van der Waals surface area contributed by atoms with Gasteiger partial charge in [0.25, 0.3) is 11.8 Å². The van der Waals surface area contributed by atoms with Crippen molar-refractivity contribution in [2.75, 3.05) is 36.0 Å². The molecule has 3 heterocycles. The average molecular weight is 468 g/mol. The standard InChI is InChI=1S/C24H22F2N4O4/c25-15-1-5-17(6-2-15)29-21(31)13-19(23(29)33)27-9-11-28(12-10-27)20-14-22(32)30(24(20)34)18-7-3-16(26)4-8-18/h1-8,19-20H,9-14H2/t19-,20-/m0/s1. The number of benzene rings is 2. The van der Waals surface area contributed by atoms with E-state index in [1.807, 2.05) is 9.80 Å². The highest BCUT2D eigenvalue weighted by Crippen LogP contribution is 2.29. The number of anilines is 2. The number of carbonyl (C=O) groups is 4. The Morgan fingerprint density at radius 1 is 0.559 bits per heavy atom. The van der Waals surface area contributed by atoms with Gasteiger partial charge in [-0.1, -0.05) is 0 Å². The fourth-order valence-electron chi connectivity index (χ4n) is 4.89. The molecule has 4 amide bonds. The minimum absolute atomic E-state index is 0.0371. The molecular formula is C24H22F2N4O4. The quantitative estimate of drug-likeness (QED) is 0.634. The van der Waals surface area contributed by atoms with Crippen LogP contribution in [0.3, 0.4) is 0 Å². The molecule has 3 aliphatic heterocycles. The second kappa shape index (κ2) is 8.69. The van der Waals surface area contributed by atoms with E-state index in [1.54, 1.807) is 0 Å². The number of piperazine rings is 1. The Morgan fingerprint density at radius 3 is 1.21 bits per heavy atom. The zero-order valence-corrected chi connectivity index (χ0v) is 18.2. The van der Waals surface area contributed by atoms with Gasteiger partial charge in [-0.2, -0.15) is 0 Å². The molecular weight excluding hydrogens is 446 g/mol. The number of amides is 4. The predicted molar refractivity (Wildman–Crippen MR) is 118 cm³/mol. The molecule has 0 radical (unpaired) electrons. The summed E-state index contributed by atoms with van der Waals surface area (Å²) in [5, 5.41) is 0. The van der Waals surface area contributed by atoms with Gasteiger partial charge in [0.1, 0.15) is 11.6 Å². The van der Waals surface area contributed by atoms with Crippen LogP contribution in [0.15, 0.2) is 48.5 Å². The van der Waals surface area contributed by atoms with E-state index < -0.39 is 23.7 Å². The van der Waals surface area contributed by atoms with Gasteiger partial charge >= 0.3 is 0 Å². The van der Waals surface area contributed by atoms with Crippen LogP contribution in [0.1, 0.15) is 12.8 Å². The molecule has 3 saturated heterocycles. The molecule has 176 valence electrons. The van der Waals surface area contributed by atoms with Crippen molar-refractivity contribution in [1.82, 2.24) is 9.80 Å². The minimum Gasteiger partial charge on any atom is -0.289 e. The highest BCUT2D eigenvalue weighted by atomic mass is 19.1. The van der Waals surface area contributed by atoms with Crippen LogP contribution in [0, 0.1) is 11.6 Å². The molecule has 2 aromatic rings. The van der Waals surface area contributed by atoms with Crippen molar-refractivity contribution in [3.63, 3.8) is 0 Å². The maximum atomic E-state index is 13.2. The molecule has 0 spiro atoms. The molecule has 2 atom stereocenters. The third-order valence-corrected chi connectivity index (χ3v) is 6.65. The fourth-order valence-corrected chi connectivity index (χ4v) is 4.89. The van der Waals surface area contributed by atoms with Gasteiger partial charge in [0.05, 0.1) is 36.3 Å². The van der Waals surface area contributed by atoms with Crippen molar-refractivity contribution in [3.8, 4) is 0 Å². The summed E-state index contributed by atoms with van der Waals surface area (Å²) in [6.07, 6.45) is 0.0742. The van der Waals surface area contributed by atoms with Gasteiger partial charge in [-0.3, -0.25) is 29.0 Å². The Labute approximate surface area is 194 Å². The Hall–Kier alpha value is -3.50. The van der Waals surface area contributed by atoms with Crippen molar-refractivity contribution in [3.05, 3.63) is 60.2 Å². The smallest absolute Gasteiger partial charge is 0.251 e. The zero-order chi connectivity index (χ0) is 24.0. The largest absolute Gasteiger partial charge is 0.289 e. The number of nitrogens with zero attached hydrogens (tertiary/aromatic N) is 4. The summed E-state index contributed by atoms with van der Waals surface area (Å²) in [7, 11) is 0. The lowest BCUT2D eigenvalue weighted by Crippen LogP contribution is -2.56. The minimum atomic E-state index is -0.615. The molecule has 5 rings (SSSR count). The number of carbonyl (C=O) groups excluding carboxylic acids is 4. The SMILES string of the molecule is O=C1C[C@H](N2CCN([C@H]3CC(=O)N(c4ccc(F)cc4)C3=O)CC2)C(=O)N1c1ccc(F)cc1. The van der Waals surface area contributed by atoms with Crippen LogP contribution in [-0.4, -0.2) is 71.7 Å². The third-order valence-electron chi connectivity index (χ3n) is 6.65. The van der Waals surface area contributed by atoms with Gasteiger partial charge in [-0.05, 0) is 48.5 Å². The van der Waals surface area contributed by atoms with Gasteiger partial charge in [-0.25, -0.2) is 18.6 Å². The van der Waals surface area contributed by atoms with Crippen LogP contribution < -0.4 is 9.80 Å². The number of imide groups is 2. The predicted octanol–water partition coefficient (Wildman–Crippen LogP) is 1.55. The van der Waals surface area contributed by atoms with E-state index in [0.29, 0.717) is 37.6 Å². The highest BCUT2D eigenvalue weighted by Gasteiger charge is 2.46. The summed E-state index contributed by atoms with van der Waals surface area (Å²) in [6, 6.07) is 9.21. The third kappa shape index (κ3) is 3.88. The first-order valence-electron chi connectivity index (χ1n) is 11.1. The van der Waals surface area contributed by atoms with Crippen LogP contribution in [-0.2, 0) is 19.2 Å². The molecule has 0 unspecified atom stereocenters. The van der Waals surface area contributed by atoms with Crippen LogP contribution in [0.5, 0.6) is 0 Å². The summed E-state index contributed by atoms with van der Waals surface area (Å²) in [5.74, 6) is -2.27. The summed E-state index contributed by atoms with van der Waals surface area (Å²) in [6.45, 7) is 1.82. The first kappa shape index (κ1) is 22.3. The normalized spacial score (nSPS) is 24.5. The summed E-state index contributed by atoms with van der Waals surface area (Å²) in [4.78, 5) is 57.0. The van der Waals surface area contributed by atoms with Gasteiger partial charge in [-0.15, -0.1) is 0 Å².